The van der Waals surface area contributed by atoms with Crippen LogP contribution in [0.5, 0.6) is 0 Å². The van der Waals surface area contributed by atoms with Crippen LogP contribution < -0.4 is 5.32 Å². The molecule has 0 spiro atoms. The zero-order valence-electron chi connectivity index (χ0n) is 13.1. The predicted molar refractivity (Wildman–Crippen MR) is 80.0 cm³/mol. The van der Waals surface area contributed by atoms with Gasteiger partial charge in [0, 0.05) is 13.1 Å². The minimum absolute atomic E-state index is 0.0389. The number of amides is 3. The molecule has 0 unspecified atom stereocenters. The normalized spacial score (nSPS) is 23.8. The van der Waals surface area contributed by atoms with Crippen LogP contribution >= 0.6 is 0 Å². The molecule has 2 aliphatic rings. The van der Waals surface area contributed by atoms with Gasteiger partial charge in [0.25, 0.3) is 5.91 Å². The molecule has 1 N–H and O–H groups in total. The van der Waals surface area contributed by atoms with E-state index in [1.165, 1.54) is 21.9 Å². The van der Waals surface area contributed by atoms with Crippen LogP contribution in [-0.4, -0.2) is 59.2 Å². The number of benzene rings is 1. The van der Waals surface area contributed by atoms with Crippen molar-refractivity contribution in [3.8, 4) is 0 Å². The predicted octanol–water partition coefficient (Wildman–Crippen LogP) is 0.526. The number of nitrogens with zero attached hydrogens (tertiary/aromatic N) is 2. The second-order valence-corrected chi connectivity index (χ2v) is 5.87. The SMILES string of the molecule is CC[C@@H]1NC(=O)[C@H]2CN(C(=O)c3cccc(F)c3F)CCN2C1=O. The van der Waals surface area contributed by atoms with Gasteiger partial charge in [-0.3, -0.25) is 14.4 Å². The highest BCUT2D eigenvalue weighted by Gasteiger charge is 2.43. The van der Waals surface area contributed by atoms with Crippen molar-refractivity contribution in [2.75, 3.05) is 19.6 Å². The van der Waals surface area contributed by atoms with Gasteiger partial charge in [-0.15, -0.1) is 0 Å². The minimum atomic E-state index is -1.21. The molecule has 2 fully saturated rings. The van der Waals surface area contributed by atoms with Crippen LogP contribution in [0.25, 0.3) is 0 Å². The van der Waals surface area contributed by atoms with E-state index in [2.05, 4.69) is 5.32 Å². The summed E-state index contributed by atoms with van der Waals surface area (Å²) in [5, 5.41) is 2.63. The first-order valence-electron chi connectivity index (χ1n) is 7.78. The monoisotopic (exact) mass is 337 g/mol. The maximum absolute atomic E-state index is 13.8. The molecule has 128 valence electrons. The molecule has 2 heterocycles. The van der Waals surface area contributed by atoms with Gasteiger partial charge in [0.15, 0.2) is 11.6 Å². The highest BCUT2D eigenvalue weighted by atomic mass is 19.2. The fourth-order valence-corrected chi connectivity index (χ4v) is 3.10. The molecule has 1 aromatic rings. The van der Waals surface area contributed by atoms with Crippen molar-refractivity contribution < 1.29 is 23.2 Å². The van der Waals surface area contributed by atoms with Crippen LogP contribution in [0.15, 0.2) is 18.2 Å². The second-order valence-electron chi connectivity index (χ2n) is 5.87. The second kappa shape index (κ2) is 6.18. The molecule has 1 aromatic carbocycles. The molecule has 3 rings (SSSR count). The maximum atomic E-state index is 13.8. The zero-order valence-corrected chi connectivity index (χ0v) is 13.1. The van der Waals surface area contributed by atoms with Crippen molar-refractivity contribution in [2.24, 2.45) is 0 Å². The highest BCUT2D eigenvalue weighted by molar-refractivity contribution is 5.99. The van der Waals surface area contributed by atoms with E-state index in [1.807, 2.05) is 0 Å². The van der Waals surface area contributed by atoms with Crippen molar-refractivity contribution in [3.63, 3.8) is 0 Å². The van der Waals surface area contributed by atoms with Crippen LogP contribution in [0.3, 0.4) is 0 Å². The summed E-state index contributed by atoms with van der Waals surface area (Å²) >= 11 is 0. The van der Waals surface area contributed by atoms with E-state index in [1.54, 1.807) is 6.92 Å². The third-order valence-corrected chi connectivity index (χ3v) is 4.46. The van der Waals surface area contributed by atoms with E-state index < -0.39 is 29.6 Å². The largest absolute Gasteiger partial charge is 0.342 e. The van der Waals surface area contributed by atoms with E-state index in [4.69, 9.17) is 0 Å². The maximum Gasteiger partial charge on any atom is 0.257 e. The van der Waals surface area contributed by atoms with E-state index in [0.717, 1.165) is 6.07 Å². The van der Waals surface area contributed by atoms with Gasteiger partial charge in [-0.05, 0) is 18.6 Å². The average molecular weight is 337 g/mol. The van der Waals surface area contributed by atoms with E-state index >= 15 is 0 Å². The van der Waals surface area contributed by atoms with Crippen LogP contribution in [0.2, 0.25) is 0 Å². The molecule has 0 aliphatic carbocycles. The molecular formula is C16H17F2N3O3. The minimum Gasteiger partial charge on any atom is -0.342 e. The molecule has 0 bridgehead atoms. The summed E-state index contributed by atoms with van der Waals surface area (Å²) in [7, 11) is 0. The lowest BCUT2D eigenvalue weighted by atomic mass is 10.0. The van der Waals surface area contributed by atoms with Crippen molar-refractivity contribution >= 4 is 17.7 Å². The van der Waals surface area contributed by atoms with E-state index in [0.29, 0.717) is 6.42 Å². The van der Waals surface area contributed by atoms with Crippen LogP contribution in [0.1, 0.15) is 23.7 Å². The standard InChI is InChI=1S/C16H17F2N3O3/c1-2-11-16(24)21-7-6-20(8-12(21)14(22)19-11)15(23)9-4-3-5-10(17)13(9)18/h3-5,11-12H,2,6-8H2,1H3,(H,19,22)/t11-,12+/m0/s1. The number of rotatable bonds is 2. The molecule has 2 atom stereocenters. The summed E-state index contributed by atoms with van der Waals surface area (Å²) < 4.78 is 27.1. The van der Waals surface area contributed by atoms with Gasteiger partial charge in [0.1, 0.15) is 12.1 Å². The number of carbonyl (C=O) groups excluding carboxylic acids is 3. The Morgan fingerprint density at radius 3 is 2.75 bits per heavy atom. The van der Waals surface area contributed by atoms with Crippen molar-refractivity contribution in [3.05, 3.63) is 35.4 Å². The van der Waals surface area contributed by atoms with E-state index in [-0.39, 0.29) is 37.0 Å². The Balaban J connectivity index is 1.80. The molecule has 24 heavy (non-hydrogen) atoms. The summed E-state index contributed by atoms with van der Waals surface area (Å²) in [6.07, 6.45) is 0.491. The van der Waals surface area contributed by atoms with Crippen LogP contribution in [-0.2, 0) is 9.59 Å². The Bertz CT molecular complexity index is 710. The van der Waals surface area contributed by atoms with Crippen molar-refractivity contribution in [1.29, 1.82) is 0 Å². The first-order valence-corrected chi connectivity index (χ1v) is 7.78. The lowest BCUT2D eigenvalue weighted by molar-refractivity contribution is -0.152. The van der Waals surface area contributed by atoms with Gasteiger partial charge in [0.2, 0.25) is 11.8 Å². The Labute approximate surface area is 137 Å². The topological polar surface area (TPSA) is 69.7 Å². The number of fused-ring (bicyclic) bond motifs is 1. The van der Waals surface area contributed by atoms with Gasteiger partial charge >= 0.3 is 0 Å². The van der Waals surface area contributed by atoms with Crippen LogP contribution in [0.4, 0.5) is 8.78 Å². The van der Waals surface area contributed by atoms with Crippen molar-refractivity contribution in [2.45, 2.75) is 25.4 Å². The molecule has 0 saturated carbocycles. The number of halogens is 2. The van der Waals surface area contributed by atoms with Gasteiger partial charge in [0.05, 0.1) is 12.1 Å². The molecule has 2 aliphatic heterocycles. The van der Waals surface area contributed by atoms with Gasteiger partial charge in [-0.25, -0.2) is 8.78 Å². The van der Waals surface area contributed by atoms with Gasteiger partial charge < -0.3 is 15.1 Å². The number of piperazine rings is 2. The lowest BCUT2D eigenvalue weighted by Gasteiger charge is -2.45. The molecule has 0 aromatic heterocycles. The number of nitrogens with one attached hydrogen (secondary N) is 1. The zero-order chi connectivity index (χ0) is 17.4. The Morgan fingerprint density at radius 2 is 2.04 bits per heavy atom. The fourth-order valence-electron chi connectivity index (χ4n) is 3.10. The molecule has 3 amide bonds. The summed E-state index contributed by atoms with van der Waals surface area (Å²) in [4.78, 5) is 39.6. The summed E-state index contributed by atoms with van der Waals surface area (Å²) in [5.74, 6) is -3.51. The third kappa shape index (κ3) is 2.61. The number of hydrogen-bond donors (Lipinski definition) is 1. The highest BCUT2D eigenvalue weighted by Crippen LogP contribution is 2.20. The summed E-state index contributed by atoms with van der Waals surface area (Å²) in [5.41, 5.74) is -0.377. The molecule has 0 radical (unpaired) electrons. The molecule has 6 nitrogen and oxygen atoms in total. The Hall–Kier alpha value is -2.51. The van der Waals surface area contributed by atoms with Crippen molar-refractivity contribution in [1.82, 2.24) is 15.1 Å². The lowest BCUT2D eigenvalue weighted by Crippen LogP contribution is -2.69. The first-order chi connectivity index (χ1) is 11.4. The van der Waals surface area contributed by atoms with E-state index in [9.17, 15) is 23.2 Å². The first kappa shape index (κ1) is 16.4. The number of carbonyl (C=O) groups is 3. The average Bonchev–Trinajstić information content (AvgIpc) is 2.59. The smallest absolute Gasteiger partial charge is 0.257 e. The Kier molecular flexibility index (Phi) is 4.21. The third-order valence-electron chi connectivity index (χ3n) is 4.46. The number of hydrogen-bond acceptors (Lipinski definition) is 3. The molecular weight excluding hydrogens is 320 g/mol. The molecule has 2 saturated heterocycles. The van der Waals surface area contributed by atoms with Crippen LogP contribution in [0, 0.1) is 11.6 Å². The summed E-state index contributed by atoms with van der Waals surface area (Å²) in [6.45, 7) is 2.12. The van der Waals surface area contributed by atoms with Gasteiger partial charge in [-0.2, -0.15) is 0 Å². The summed E-state index contributed by atoms with van der Waals surface area (Å²) in [6, 6.07) is 2.05. The Morgan fingerprint density at radius 1 is 1.29 bits per heavy atom. The molecule has 8 heteroatoms. The quantitative estimate of drug-likeness (QED) is 0.856. The van der Waals surface area contributed by atoms with Gasteiger partial charge in [-0.1, -0.05) is 13.0 Å². The fraction of sp³-hybridized carbons (Fsp3) is 0.438.